The van der Waals surface area contributed by atoms with Gasteiger partial charge in [0.25, 0.3) is 0 Å². The summed E-state index contributed by atoms with van der Waals surface area (Å²) in [6.45, 7) is 3.98. The maximum Gasteiger partial charge on any atom is 0.0399 e. The average molecular weight is 352 g/mol. The lowest BCUT2D eigenvalue weighted by molar-refractivity contribution is 0.648. The van der Waals surface area contributed by atoms with Crippen molar-refractivity contribution in [3.63, 3.8) is 0 Å². The molecule has 0 spiro atoms. The van der Waals surface area contributed by atoms with Crippen LogP contribution in [0.5, 0.6) is 0 Å². The highest BCUT2D eigenvalue weighted by Gasteiger charge is 2.18. The summed E-state index contributed by atoms with van der Waals surface area (Å²) in [6, 6.07) is 22.9. The number of hydrogen-bond donors (Lipinski definition) is 1. The van der Waals surface area contributed by atoms with E-state index in [0.717, 1.165) is 10.0 Å². The number of nitrogens with two attached hydrogens (primary N) is 1. The van der Waals surface area contributed by atoms with Crippen molar-refractivity contribution in [3.05, 3.63) is 95.0 Å². The maximum atomic E-state index is 6.53. The maximum absolute atomic E-state index is 6.53. The normalized spacial score (nSPS) is 13.7. The molecule has 2 atom stereocenters. The monoisotopic (exact) mass is 351 g/mol. The standard InChI is InChI=1S/C20H18BrN/c1-2-19(15-9-11-18(21)12-10-15)20(22)17-8-7-14-5-3-4-6-16(14)13-17/h2-13,19-20H,1,22H2/t19-,20+/m1/s1. The number of rotatable bonds is 4. The van der Waals surface area contributed by atoms with E-state index in [1.165, 1.54) is 16.3 Å². The van der Waals surface area contributed by atoms with Gasteiger partial charge in [-0.15, -0.1) is 6.58 Å². The number of benzene rings is 3. The molecule has 1 nitrogen and oxygen atoms in total. The number of halogens is 1. The van der Waals surface area contributed by atoms with Crippen LogP contribution in [0.1, 0.15) is 23.1 Å². The molecule has 0 saturated heterocycles. The average Bonchev–Trinajstić information content (AvgIpc) is 2.56. The van der Waals surface area contributed by atoms with Crippen LogP contribution in [0, 0.1) is 0 Å². The zero-order valence-corrected chi connectivity index (χ0v) is 13.8. The first-order valence-corrected chi connectivity index (χ1v) is 8.10. The van der Waals surface area contributed by atoms with E-state index in [-0.39, 0.29) is 12.0 Å². The first-order chi connectivity index (χ1) is 10.7. The van der Waals surface area contributed by atoms with Gasteiger partial charge in [-0.05, 0) is 40.1 Å². The molecule has 0 fully saturated rings. The van der Waals surface area contributed by atoms with E-state index in [1.807, 2.05) is 18.2 Å². The summed E-state index contributed by atoms with van der Waals surface area (Å²) < 4.78 is 1.07. The summed E-state index contributed by atoms with van der Waals surface area (Å²) in [5.41, 5.74) is 8.84. The molecule has 0 aliphatic carbocycles. The Morgan fingerprint density at radius 2 is 1.50 bits per heavy atom. The predicted octanol–water partition coefficient (Wildman–Crippen LogP) is 5.57. The van der Waals surface area contributed by atoms with E-state index < -0.39 is 0 Å². The van der Waals surface area contributed by atoms with Crippen molar-refractivity contribution >= 4 is 26.7 Å². The van der Waals surface area contributed by atoms with Gasteiger partial charge < -0.3 is 5.73 Å². The minimum Gasteiger partial charge on any atom is -0.323 e. The molecule has 3 rings (SSSR count). The fourth-order valence-electron chi connectivity index (χ4n) is 2.80. The van der Waals surface area contributed by atoms with Crippen molar-refractivity contribution in [2.75, 3.05) is 0 Å². The first-order valence-electron chi connectivity index (χ1n) is 7.31. The molecule has 0 saturated carbocycles. The Morgan fingerprint density at radius 1 is 0.864 bits per heavy atom. The molecule has 0 unspecified atom stereocenters. The van der Waals surface area contributed by atoms with E-state index >= 15 is 0 Å². The van der Waals surface area contributed by atoms with Crippen LogP contribution in [0.25, 0.3) is 10.8 Å². The van der Waals surface area contributed by atoms with Crippen LogP contribution in [0.15, 0.2) is 83.9 Å². The molecule has 0 heterocycles. The molecule has 0 bridgehead atoms. The van der Waals surface area contributed by atoms with Crippen LogP contribution in [0.2, 0.25) is 0 Å². The molecule has 0 aromatic heterocycles. The van der Waals surface area contributed by atoms with Gasteiger partial charge in [0.15, 0.2) is 0 Å². The molecule has 22 heavy (non-hydrogen) atoms. The zero-order chi connectivity index (χ0) is 15.5. The Labute approximate surface area is 139 Å². The van der Waals surface area contributed by atoms with Crippen molar-refractivity contribution in [1.29, 1.82) is 0 Å². The van der Waals surface area contributed by atoms with E-state index in [4.69, 9.17) is 5.73 Å². The smallest absolute Gasteiger partial charge is 0.0399 e. The molecule has 0 amide bonds. The van der Waals surface area contributed by atoms with Gasteiger partial charge in [0.1, 0.15) is 0 Å². The fourth-order valence-corrected chi connectivity index (χ4v) is 3.06. The third-order valence-electron chi connectivity index (χ3n) is 4.05. The molecular formula is C20H18BrN. The van der Waals surface area contributed by atoms with Crippen molar-refractivity contribution in [2.45, 2.75) is 12.0 Å². The molecule has 0 aliphatic rings. The van der Waals surface area contributed by atoms with Crippen LogP contribution < -0.4 is 5.73 Å². The first kappa shape index (κ1) is 15.0. The summed E-state index contributed by atoms with van der Waals surface area (Å²) in [7, 11) is 0. The van der Waals surface area contributed by atoms with Crippen molar-refractivity contribution < 1.29 is 0 Å². The third kappa shape index (κ3) is 2.99. The highest BCUT2D eigenvalue weighted by molar-refractivity contribution is 9.10. The molecule has 2 heteroatoms. The Balaban J connectivity index is 1.96. The second-order valence-electron chi connectivity index (χ2n) is 5.45. The third-order valence-corrected chi connectivity index (χ3v) is 4.58. The molecule has 2 N–H and O–H groups in total. The van der Waals surface area contributed by atoms with E-state index in [9.17, 15) is 0 Å². The van der Waals surface area contributed by atoms with Gasteiger partial charge >= 0.3 is 0 Å². The molecule has 3 aromatic carbocycles. The lowest BCUT2D eigenvalue weighted by Gasteiger charge is -2.22. The quantitative estimate of drug-likeness (QED) is 0.610. The molecule has 110 valence electrons. The zero-order valence-electron chi connectivity index (χ0n) is 12.2. The second-order valence-corrected chi connectivity index (χ2v) is 6.36. The highest BCUT2D eigenvalue weighted by atomic mass is 79.9. The van der Waals surface area contributed by atoms with Gasteiger partial charge in [0.05, 0.1) is 0 Å². The topological polar surface area (TPSA) is 26.0 Å². The lowest BCUT2D eigenvalue weighted by atomic mass is 9.87. The van der Waals surface area contributed by atoms with Gasteiger partial charge in [0, 0.05) is 16.4 Å². The number of hydrogen-bond acceptors (Lipinski definition) is 1. The summed E-state index contributed by atoms with van der Waals surface area (Å²) in [6.07, 6.45) is 1.93. The summed E-state index contributed by atoms with van der Waals surface area (Å²) in [5, 5.41) is 2.45. The fraction of sp³-hybridized carbons (Fsp3) is 0.100. The molecule has 3 aromatic rings. The Bertz CT molecular complexity index is 792. The summed E-state index contributed by atoms with van der Waals surface area (Å²) >= 11 is 3.47. The minimum absolute atomic E-state index is 0.0919. The van der Waals surface area contributed by atoms with Crippen LogP contribution in [-0.2, 0) is 0 Å². The van der Waals surface area contributed by atoms with E-state index in [0.29, 0.717) is 0 Å². The summed E-state index contributed by atoms with van der Waals surface area (Å²) in [4.78, 5) is 0. The van der Waals surface area contributed by atoms with E-state index in [1.54, 1.807) is 0 Å². The van der Waals surface area contributed by atoms with Crippen molar-refractivity contribution in [1.82, 2.24) is 0 Å². The largest absolute Gasteiger partial charge is 0.323 e. The van der Waals surface area contributed by atoms with Gasteiger partial charge in [-0.2, -0.15) is 0 Å². The van der Waals surface area contributed by atoms with Crippen LogP contribution >= 0.6 is 15.9 Å². The number of fused-ring (bicyclic) bond motifs is 1. The second kappa shape index (κ2) is 6.47. The van der Waals surface area contributed by atoms with Crippen molar-refractivity contribution in [3.8, 4) is 0 Å². The van der Waals surface area contributed by atoms with Gasteiger partial charge in [-0.1, -0.05) is 70.5 Å². The SMILES string of the molecule is C=C[C@H](c1ccc(Br)cc1)[C@@H](N)c1ccc2ccccc2c1. The van der Waals surface area contributed by atoms with Gasteiger partial charge in [-0.3, -0.25) is 0 Å². The van der Waals surface area contributed by atoms with Gasteiger partial charge in [0.2, 0.25) is 0 Å². The summed E-state index contributed by atoms with van der Waals surface area (Å²) in [5.74, 6) is 0.0919. The van der Waals surface area contributed by atoms with E-state index in [2.05, 4.69) is 77.1 Å². The predicted molar refractivity (Wildman–Crippen MR) is 98.0 cm³/mol. The van der Waals surface area contributed by atoms with Crippen LogP contribution in [0.3, 0.4) is 0 Å². The Kier molecular flexibility index (Phi) is 4.41. The van der Waals surface area contributed by atoms with Crippen LogP contribution in [-0.4, -0.2) is 0 Å². The lowest BCUT2D eigenvalue weighted by Crippen LogP contribution is -2.18. The Hall–Kier alpha value is -1.90. The molecular weight excluding hydrogens is 334 g/mol. The van der Waals surface area contributed by atoms with Crippen molar-refractivity contribution in [2.24, 2.45) is 5.73 Å². The molecule has 0 radical (unpaired) electrons. The van der Waals surface area contributed by atoms with Crippen LogP contribution in [0.4, 0.5) is 0 Å². The highest BCUT2D eigenvalue weighted by Crippen LogP contribution is 2.32. The van der Waals surface area contributed by atoms with Gasteiger partial charge in [-0.25, -0.2) is 0 Å². The molecule has 0 aliphatic heterocycles. The Morgan fingerprint density at radius 3 is 2.18 bits per heavy atom. The minimum atomic E-state index is -0.108.